The van der Waals surface area contributed by atoms with Crippen molar-refractivity contribution in [2.24, 2.45) is 0 Å². The van der Waals surface area contributed by atoms with E-state index in [9.17, 15) is 5.11 Å². The van der Waals surface area contributed by atoms with Gasteiger partial charge in [0.05, 0.1) is 24.4 Å². The molecular weight excluding hydrogens is 228 g/mol. The average Bonchev–Trinajstić information content (AvgIpc) is 2.92. The van der Waals surface area contributed by atoms with Crippen LogP contribution in [-0.4, -0.2) is 11.7 Å². The van der Waals surface area contributed by atoms with Crippen LogP contribution in [0.1, 0.15) is 18.2 Å². The Morgan fingerprint density at radius 3 is 2.61 bits per heavy atom. The maximum atomic E-state index is 10.2. The Hall–Kier alpha value is -2.25. The first-order valence-corrected chi connectivity index (χ1v) is 5.62. The molecule has 92 valence electrons. The van der Waals surface area contributed by atoms with Gasteiger partial charge in [-0.05, 0) is 43.3 Å². The number of hydrogen-bond acceptors (Lipinski definition) is 4. The maximum Gasteiger partial charge on any atom is 0.136 e. The Bertz CT molecular complexity index is 536. The van der Waals surface area contributed by atoms with Gasteiger partial charge in [0.1, 0.15) is 11.4 Å². The summed E-state index contributed by atoms with van der Waals surface area (Å²) in [5, 5.41) is 22.0. The minimum atomic E-state index is -1.07. The lowest BCUT2D eigenvalue weighted by molar-refractivity contribution is 0.0476. The molecule has 0 aliphatic rings. The molecule has 0 aliphatic heterocycles. The standard InChI is InChI=1S/C14H14N2O2/c1-14(17,13-3-2-8-18-13)10-16-12-6-4-11(9-15)5-7-12/h2-8,16-17H,10H2,1H3. The number of nitrogens with zero attached hydrogens (tertiary/aromatic N) is 1. The number of rotatable bonds is 4. The van der Waals surface area contributed by atoms with Crippen molar-refractivity contribution in [3.05, 3.63) is 54.0 Å². The first-order valence-electron chi connectivity index (χ1n) is 5.62. The Morgan fingerprint density at radius 1 is 1.33 bits per heavy atom. The molecule has 1 aromatic carbocycles. The maximum absolute atomic E-state index is 10.2. The third kappa shape index (κ3) is 2.70. The van der Waals surface area contributed by atoms with Crippen molar-refractivity contribution >= 4 is 5.69 Å². The molecule has 1 unspecified atom stereocenters. The quantitative estimate of drug-likeness (QED) is 0.864. The summed E-state index contributed by atoms with van der Waals surface area (Å²) in [5.41, 5.74) is 0.386. The van der Waals surface area contributed by atoms with Crippen LogP contribution < -0.4 is 5.32 Å². The molecule has 2 rings (SSSR count). The molecule has 0 bridgehead atoms. The van der Waals surface area contributed by atoms with Crippen LogP contribution >= 0.6 is 0 Å². The highest BCUT2D eigenvalue weighted by Crippen LogP contribution is 2.21. The number of nitrogens with one attached hydrogen (secondary N) is 1. The number of nitriles is 1. The molecule has 1 aromatic heterocycles. The van der Waals surface area contributed by atoms with E-state index < -0.39 is 5.60 Å². The van der Waals surface area contributed by atoms with E-state index in [0.717, 1.165) is 5.69 Å². The van der Waals surface area contributed by atoms with E-state index in [4.69, 9.17) is 9.68 Å². The monoisotopic (exact) mass is 242 g/mol. The zero-order valence-corrected chi connectivity index (χ0v) is 10.1. The Kier molecular flexibility index (Phi) is 3.35. The smallest absolute Gasteiger partial charge is 0.136 e. The topological polar surface area (TPSA) is 69.2 Å². The van der Waals surface area contributed by atoms with Gasteiger partial charge in [0.25, 0.3) is 0 Å². The van der Waals surface area contributed by atoms with Crippen molar-refractivity contribution in [2.45, 2.75) is 12.5 Å². The lowest BCUT2D eigenvalue weighted by Gasteiger charge is -2.21. The van der Waals surface area contributed by atoms with Gasteiger partial charge in [-0.2, -0.15) is 5.26 Å². The third-order valence-corrected chi connectivity index (χ3v) is 2.70. The molecule has 0 amide bonds. The number of anilines is 1. The first kappa shape index (κ1) is 12.2. The second kappa shape index (κ2) is 4.94. The number of benzene rings is 1. The number of aliphatic hydroxyl groups is 1. The molecule has 0 saturated heterocycles. The van der Waals surface area contributed by atoms with E-state index in [1.807, 2.05) is 0 Å². The molecule has 2 N–H and O–H groups in total. The van der Waals surface area contributed by atoms with Crippen molar-refractivity contribution in [1.29, 1.82) is 5.26 Å². The summed E-state index contributed by atoms with van der Waals surface area (Å²) in [6.45, 7) is 2.01. The lowest BCUT2D eigenvalue weighted by atomic mass is 10.0. The largest absolute Gasteiger partial charge is 0.466 e. The molecule has 2 aromatic rings. The highest BCUT2D eigenvalue weighted by molar-refractivity contribution is 5.47. The van der Waals surface area contributed by atoms with Crippen LogP contribution in [0.25, 0.3) is 0 Å². The van der Waals surface area contributed by atoms with E-state index in [0.29, 0.717) is 17.9 Å². The third-order valence-electron chi connectivity index (χ3n) is 2.70. The van der Waals surface area contributed by atoms with Gasteiger partial charge < -0.3 is 14.8 Å². The molecule has 1 atom stereocenters. The number of hydrogen-bond donors (Lipinski definition) is 2. The minimum absolute atomic E-state index is 0.326. The lowest BCUT2D eigenvalue weighted by Crippen LogP contribution is -2.30. The van der Waals surface area contributed by atoms with E-state index in [2.05, 4.69) is 11.4 Å². The summed E-state index contributed by atoms with van der Waals surface area (Å²) in [6, 6.07) is 12.6. The summed E-state index contributed by atoms with van der Waals surface area (Å²) in [4.78, 5) is 0. The summed E-state index contributed by atoms with van der Waals surface area (Å²) in [7, 11) is 0. The summed E-state index contributed by atoms with van der Waals surface area (Å²) in [6.07, 6.45) is 1.53. The average molecular weight is 242 g/mol. The van der Waals surface area contributed by atoms with Gasteiger partial charge in [-0.1, -0.05) is 0 Å². The number of furan rings is 1. The molecule has 0 aliphatic carbocycles. The second-order valence-electron chi connectivity index (χ2n) is 4.29. The van der Waals surface area contributed by atoms with Crippen LogP contribution in [0.3, 0.4) is 0 Å². The highest BCUT2D eigenvalue weighted by atomic mass is 16.4. The van der Waals surface area contributed by atoms with E-state index in [1.54, 1.807) is 43.3 Å². The van der Waals surface area contributed by atoms with Crippen LogP contribution in [0.2, 0.25) is 0 Å². The Morgan fingerprint density at radius 2 is 2.06 bits per heavy atom. The molecule has 4 heteroatoms. The zero-order valence-electron chi connectivity index (χ0n) is 10.1. The van der Waals surface area contributed by atoms with Crippen LogP contribution in [0.4, 0.5) is 5.69 Å². The zero-order chi connectivity index (χ0) is 13.0. The van der Waals surface area contributed by atoms with E-state index >= 15 is 0 Å². The van der Waals surface area contributed by atoms with Gasteiger partial charge in [-0.3, -0.25) is 0 Å². The van der Waals surface area contributed by atoms with Crippen LogP contribution in [0.5, 0.6) is 0 Å². The van der Waals surface area contributed by atoms with Gasteiger partial charge >= 0.3 is 0 Å². The molecule has 0 saturated carbocycles. The molecule has 0 radical (unpaired) electrons. The van der Waals surface area contributed by atoms with E-state index in [-0.39, 0.29) is 0 Å². The summed E-state index contributed by atoms with van der Waals surface area (Å²) in [5.74, 6) is 0.517. The Balaban J connectivity index is 2.01. The van der Waals surface area contributed by atoms with Gasteiger partial charge in [-0.15, -0.1) is 0 Å². The fourth-order valence-electron chi connectivity index (χ4n) is 1.61. The van der Waals surface area contributed by atoms with Crippen molar-refractivity contribution in [3.63, 3.8) is 0 Å². The Labute approximate surface area is 105 Å². The molecule has 0 spiro atoms. The molecule has 1 heterocycles. The molecule has 18 heavy (non-hydrogen) atoms. The van der Waals surface area contributed by atoms with Crippen LogP contribution in [-0.2, 0) is 5.60 Å². The van der Waals surface area contributed by atoms with Gasteiger partial charge in [0.15, 0.2) is 0 Å². The molecule has 0 fully saturated rings. The first-order chi connectivity index (χ1) is 8.62. The highest BCUT2D eigenvalue weighted by Gasteiger charge is 2.25. The summed E-state index contributed by atoms with van der Waals surface area (Å²) >= 11 is 0. The SMILES string of the molecule is CC(O)(CNc1ccc(C#N)cc1)c1ccco1. The predicted octanol–water partition coefficient (Wildman–Crippen LogP) is 2.47. The fourth-order valence-corrected chi connectivity index (χ4v) is 1.61. The normalized spacial score (nSPS) is 13.6. The van der Waals surface area contributed by atoms with Crippen molar-refractivity contribution in [1.82, 2.24) is 0 Å². The van der Waals surface area contributed by atoms with Crippen LogP contribution in [0, 0.1) is 11.3 Å². The van der Waals surface area contributed by atoms with Gasteiger partial charge in [-0.25, -0.2) is 0 Å². The van der Waals surface area contributed by atoms with Crippen molar-refractivity contribution in [2.75, 3.05) is 11.9 Å². The fraction of sp³-hybridized carbons (Fsp3) is 0.214. The van der Waals surface area contributed by atoms with Gasteiger partial charge in [0, 0.05) is 5.69 Å². The minimum Gasteiger partial charge on any atom is -0.466 e. The van der Waals surface area contributed by atoms with Gasteiger partial charge in [0.2, 0.25) is 0 Å². The van der Waals surface area contributed by atoms with Crippen molar-refractivity contribution < 1.29 is 9.52 Å². The summed E-state index contributed by atoms with van der Waals surface area (Å²) < 4.78 is 5.19. The van der Waals surface area contributed by atoms with Crippen molar-refractivity contribution in [3.8, 4) is 6.07 Å². The van der Waals surface area contributed by atoms with Crippen LogP contribution in [0.15, 0.2) is 47.1 Å². The second-order valence-corrected chi connectivity index (χ2v) is 4.29. The molecule has 4 nitrogen and oxygen atoms in total. The van der Waals surface area contributed by atoms with E-state index in [1.165, 1.54) is 6.26 Å². The molecular formula is C14H14N2O2. The predicted molar refractivity (Wildman–Crippen MR) is 67.9 cm³/mol.